The number of nitrogen functional groups attached to an aromatic ring is 1. The summed E-state index contributed by atoms with van der Waals surface area (Å²) in [5.74, 6) is -1.58. The van der Waals surface area contributed by atoms with Crippen LogP contribution in [-0.4, -0.2) is 32.9 Å². The maximum atomic E-state index is 11.1. The molecule has 0 amide bonds. The molecule has 0 aliphatic rings. The average molecular weight is 213 g/mol. The van der Waals surface area contributed by atoms with Crippen molar-refractivity contribution in [2.24, 2.45) is 0 Å². The van der Waals surface area contributed by atoms with Crippen LogP contribution in [0.1, 0.15) is 6.92 Å². The Morgan fingerprint density at radius 3 is 2.87 bits per heavy atom. The van der Waals surface area contributed by atoms with Gasteiger partial charge in [0.05, 0.1) is 0 Å². The largest absolute Gasteiger partial charge is 0.479 e. The molecule has 0 bridgehead atoms. The Morgan fingerprint density at radius 2 is 2.40 bits per heavy atom. The SMILES string of the molecule is CC(OC(=O)Cn1ccc(N)n1)C(=O)O. The van der Waals surface area contributed by atoms with Crippen LogP contribution in [0.5, 0.6) is 0 Å². The Kier molecular flexibility index (Phi) is 3.27. The Hall–Kier alpha value is -2.05. The van der Waals surface area contributed by atoms with Crippen LogP contribution in [0.2, 0.25) is 0 Å². The molecule has 0 saturated carbocycles. The highest BCUT2D eigenvalue weighted by Crippen LogP contribution is 1.98. The third kappa shape index (κ3) is 3.29. The Labute approximate surface area is 85.4 Å². The summed E-state index contributed by atoms with van der Waals surface area (Å²) in [4.78, 5) is 21.5. The molecule has 7 nitrogen and oxygen atoms in total. The number of hydrogen-bond donors (Lipinski definition) is 2. The van der Waals surface area contributed by atoms with Crippen LogP contribution in [-0.2, 0) is 20.9 Å². The van der Waals surface area contributed by atoms with Crippen molar-refractivity contribution in [1.29, 1.82) is 0 Å². The fourth-order valence-electron chi connectivity index (χ4n) is 0.883. The number of carboxylic acid groups (broad SMARTS) is 1. The summed E-state index contributed by atoms with van der Waals surface area (Å²) in [6.07, 6.45) is 0.340. The maximum Gasteiger partial charge on any atom is 0.344 e. The van der Waals surface area contributed by atoms with Crippen molar-refractivity contribution in [1.82, 2.24) is 9.78 Å². The van der Waals surface area contributed by atoms with E-state index in [1.807, 2.05) is 0 Å². The van der Waals surface area contributed by atoms with E-state index in [1.54, 1.807) is 0 Å². The van der Waals surface area contributed by atoms with Gasteiger partial charge in [0.2, 0.25) is 0 Å². The highest BCUT2D eigenvalue weighted by Gasteiger charge is 2.16. The van der Waals surface area contributed by atoms with Gasteiger partial charge < -0.3 is 15.6 Å². The van der Waals surface area contributed by atoms with Gasteiger partial charge in [0, 0.05) is 6.20 Å². The lowest BCUT2D eigenvalue weighted by molar-refractivity contribution is -0.163. The number of ether oxygens (including phenoxy) is 1. The number of anilines is 1. The number of carbonyl (C=O) groups is 2. The Morgan fingerprint density at radius 1 is 1.73 bits per heavy atom. The van der Waals surface area contributed by atoms with Gasteiger partial charge in [-0.05, 0) is 13.0 Å². The molecule has 0 aliphatic heterocycles. The number of rotatable bonds is 4. The lowest BCUT2D eigenvalue weighted by atomic mass is 10.4. The summed E-state index contributed by atoms with van der Waals surface area (Å²) >= 11 is 0. The van der Waals surface area contributed by atoms with E-state index in [0.717, 1.165) is 0 Å². The number of nitrogens with two attached hydrogens (primary N) is 1. The molecule has 1 aromatic rings. The summed E-state index contributed by atoms with van der Waals surface area (Å²) in [5.41, 5.74) is 5.33. The topological polar surface area (TPSA) is 107 Å². The first-order valence-electron chi connectivity index (χ1n) is 4.20. The molecule has 1 atom stereocenters. The van der Waals surface area contributed by atoms with E-state index in [2.05, 4.69) is 9.84 Å². The third-order valence-corrected chi connectivity index (χ3v) is 1.61. The van der Waals surface area contributed by atoms with Crippen LogP contribution in [0.4, 0.5) is 5.82 Å². The van der Waals surface area contributed by atoms with Crippen LogP contribution in [0.25, 0.3) is 0 Å². The predicted octanol–water partition coefficient (Wildman–Crippen LogP) is -0.518. The minimum absolute atomic E-state index is 0.158. The lowest BCUT2D eigenvalue weighted by Crippen LogP contribution is -2.26. The monoisotopic (exact) mass is 213 g/mol. The molecule has 0 fully saturated rings. The summed E-state index contributed by atoms with van der Waals surface area (Å²) in [6.45, 7) is 1.12. The van der Waals surface area contributed by atoms with E-state index in [1.165, 1.54) is 23.9 Å². The van der Waals surface area contributed by atoms with Crippen molar-refractivity contribution >= 4 is 17.8 Å². The van der Waals surface area contributed by atoms with E-state index in [9.17, 15) is 9.59 Å². The fraction of sp³-hybridized carbons (Fsp3) is 0.375. The third-order valence-electron chi connectivity index (χ3n) is 1.61. The molecule has 0 saturated heterocycles. The van der Waals surface area contributed by atoms with E-state index in [0.29, 0.717) is 0 Å². The van der Waals surface area contributed by atoms with Crippen molar-refractivity contribution in [3.63, 3.8) is 0 Å². The molecule has 3 N–H and O–H groups in total. The second-order valence-corrected chi connectivity index (χ2v) is 2.91. The van der Waals surface area contributed by atoms with Gasteiger partial charge in [-0.1, -0.05) is 0 Å². The van der Waals surface area contributed by atoms with E-state index in [4.69, 9.17) is 10.8 Å². The van der Waals surface area contributed by atoms with E-state index < -0.39 is 18.0 Å². The minimum atomic E-state index is -1.19. The highest BCUT2D eigenvalue weighted by molar-refractivity contribution is 5.77. The number of esters is 1. The number of hydrogen-bond acceptors (Lipinski definition) is 5. The second kappa shape index (κ2) is 4.45. The van der Waals surface area contributed by atoms with E-state index in [-0.39, 0.29) is 12.4 Å². The van der Waals surface area contributed by atoms with Crippen LogP contribution in [0.3, 0.4) is 0 Å². The Bertz CT molecular complexity index is 374. The summed E-state index contributed by atoms with van der Waals surface area (Å²) < 4.78 is 5.85. The van der Waals surface area contributed by atoms with Crippen LogP contribution >= 0.6 is 0 Å². The van der Waals surface area contributed by atoms with Gasteiger partial charge in [0.25, 0.3) is 0 Å². The van der Waals surface area contributed by atoms with Gasteiger partial charge in [-0.2, -0.15) is 5.10 Å². The number of aromatic nitrogens is 2. The van der Waals surface area contributed by atoms with Crippen molar-refractivity contribution in [2.75, 3.05) is 5.73 Å². The molecule has 1 unspecified atom stereocenters. The molecular weight excluding hydrogens is 202 g/mol. The first-order valence-corrected chi connectivity index (χ1v) is 4.20. The van der Waals surface area contributed by atoms with Crippen molar-refractivity contribution in [3.8, 4) is 0 Å². The van der Waals surface area contributed by atoms with Gasteiger partial charge in [-0.3, -0.25) is 9.48 Å². The molecule has 0 aromatic carbocycles. The van der Waals surface area contributed by atoms with Crippen LogP contribution in [0.15, 0.2) is 12.3 Å². The van der Waals surface area contributed by atoms with Gasteiger partial charge in [-0.15, -0.1) is 0 Å². The summed E-state index contributed by atoms with van der Waals surface area (Å²) in [6, 6.07) is 1.52. The Balaban J connectivity index is 2.46. The molecule has 82 valence electrons. The molecule has 0 spiro atoms. The molecule has 7 heteroatoms. The number of aliphatic carboxylic acids is 1. The van der Waals surface area contributed by atoms with Crippen LogP contribution in [0, 0.1) is 0 Å². The maximum absolute atomic E-state index is 11.1. The van der Waals surface area contributed by atoms with Gasteiger partial charge in [-0.25, -0.2) is 4.79 Å². The molecule has 15 heavy (non-hydrogen) atoms. The van der Waals surface area contributed by atoms with Gasteiger partial charge in [0.1, 0.15) is 12.4 Å². The summed E-state index contributed by atoms with van der Waals surface area (Å²) in [5, 5.41) is 12.2. The van der Waals surface area contributed by atoms with Crippen molar-refractivity contribution < 1.29 is 19.4 Å². The van der Waals surface area contributed by atoms with Crippen molar-refractivity contribution in [2.45, 2.75) is 19.6 Å². The zero-order valence-corrected chi connectivity index (χ0v) is 8.08. The van der Waals surface area contributed by atoms with Gasteiger partial charge >= 0.3 is 11.9 Å². The van der Waals surface area contributed by atoms with E-state index >= 15 is 0 Å². The zero-order chi connectivity index (χ0) is 11.4. The number of nitrogens with zero attached hydrogens (tertiary/aromatic N) is 2. The highest BCUT2D eigenvalue weighted by atomic mass is 16.6. The molecule has 1 rings (SSSR count). The van der Waals surface area contributed by atoms with Crippen LogP contribution < -0.4 is 5.73 Å². The molecule has 0 aliphatic carbocycles. The standard InChI is InChI=1S/C8H11N3O4/c1-5(8(13)14)15-7(12)4-11-3-2-6(9)10-11/h2-3,5H,4H2,1H3,(H2,9,10)(H,13,14). The number of carbonyl (C=O) groups excluding carboxylic acids is 1. The first-order chi connectivity index (χ1) is 6.99. The summed E-state index contributed by atoms with van der Waals surface area (Å²) in [7, 11) is 0. The predicted molar refractivity (Wildman–Crippen MR) is 49.8 cm³/mol. The lowest BCUT2D eigenvalue weighted by Gasteiger charge is -2.08. The van der Waals surface area contributed by atoms with Crippen molar-refractivity contribution in [3.05, 3.63) is 12.3 Å². The molecular formula is C8H11N3O4. The smallest absolute Gasteiger partial charge is 0.344 e. The van der Waals surface area contributed by atoms with Gasteiger partial charge in [0.15, 0.2) is 6.10 Å². The normalized spacial score (nSPS) is 12.1. The minimum Gasteiger partial charge on any atom is -0.479 e. The molecule has 0 radical (unpaired) electrons. The number of carboxylic acids is 1. The quantitative estimate of drug-likeness (QED) is 0.651. The second-order valence-electron chi connectivity index (χ2n) is 2.91. The zero-order valence-electron chi connectivity index (χ0n) is 8.08. The fourth-order valence-corrected chi connectivity index (χ4v) is 0.883. The molecule has 1 aromatic heterocycles. The average Bonchev–Trinajstić information content (AvgIpc) is 2.50. The molecule has 1 heterocycles. The first kappa shape index (κ1) is 11.0.